The fourth-order valence-electron chi connectivity index (χ4n) is 3.69. The van der Waals surface area contributed by atoms with E-state index in [4.69, 9.17) is 0 Å². The van der Waals surface area contributed by atoms with E-state index in [0.29, 0.717) is 11.7 Å². The van der Waals surface area contributed by atoms with Crippen LogP contribution in [0.15, 0.2) is 55.0 Å². The third kappa shape index (κ3) is 3.61. The monoisotopic (exact) mass is 362 g/mol. The van der Waals surface area contributed by atoms with E-state index in [9.17, 15) is 9.90 Å². The fourth-order valence-corrected chi connectivity index (χ4v) is 3.69. The number of pyridine rings is 1. The molecule has 0 saturated carbocycles. The number of carboxylic acid groups (broad SMARTS) is 1. The molecule has 1 N–H and O–H groups in total. The Labute approximate surface area is 158 Å². The van der Waals surface area contributed by atoms with Crippen LogP contribution < -0.4 is 0 Å². The van der Waals surface area contributed by atoms with Gasteiger partial charge in [-0.05, 0) is 50.1 Å². The molecule has 27 heavy (non-hydrogen) atoms. The molecule has 1 aromatic carbocycles. The summed E-state index contributed by atoms with van der Waals surface area (Å²) in [6.45, 7) is 3.85. The van der Waals surface area contributed by atoms with Gasteiger partial charge in [-0.1, -0.05) is 18.2 Å². The van der Waals surface area contributed by atoms with Crippen molar-refractivity contribution in [1.29, 1.82) is 0 Å². The first-order valence-corrected chi connectivity index (χ1v) is 9.14. The lowest BCUT2D eigenvalue weighted by atomic mass is 10.1. The van der Waals surface area contributed by atoms with Gasteiger partial charge in [0.05, 0.1) is 29.2 Å². The molecule has 3 heterocycles. The summed E-state index contributed by atoms with van der Waals surface area (Å²) in [5.74, 6) is -0.951. The minimum Gasteiger partial charge on any atom is -0.478 e. The summed E-state index contributed by atoms with van der Waals surface area (Å²) in [6.07, 6.45) is 7.91. The molecule has 0 radical (unpaired) electrons. The van der Waals surface area contributed by atoms with Crippen LogP contribution in [0.3, 0.4) is 0 Å². The van der Waals surface area contributed by atoms with Gasteiger partial charge in [-0.2, -0.15) is 5.10 Å². The van der Waals surface area contributed by atoms with Gasteiger partial charge in [0.15, 0.2) is 0 Å². The Bertz CT molecular complexity index is 949. The van der Waals surface area contributed by atoms with E-state index in [2.05, 4.69) is 27.1 Å². The maximum atomic E-state index is 11.4. The molecule has 0 bridgehead atoms. The zero-order valence-electron chi connectivity index (χ0n) is 15.2. The van der Waals surface area contributed by atoms with Crippen molar-refractivity contribution < 1.29 is 9.90 Å². The van der Waals surface area contributed by atoms with Gasteiger partial charge < -0.3 is 5.11 Å². The molecule has 4 rings (SSSR count). The van der Waals surface area contributed by atoms with E-state index >= 15 is 0 Å². The van der Waals surface area contributed by atoms with Crippen LogP contribution in [-0.2, 0) is 6.54 Å². The molecule has 2 aromatic heterocycles. The largest absolute Gasteiger partial charge is 0.478 e. The lowest BCUT2D eigenvalue weighted by Crippen LogP contribution is -2.23. The summed E-state index contributed by atoms with van der Waals surface area (Å²) in [5, 5.41) is 13.8. The highest BCUT2D eigenvalue weighted by Crippen LogP contribution is 2.32. The van der Waals surface area contributed by atoms with Crippen molar-refractivity contribution in [2.75, 3.05) is 6.54 Å². The average Bonchev–Trinajstić information content (AvgIpc) is 3.32. The SMILES string of the molecule is Cc1ccc([C@@H]2CCCN2Cc2cnn(-c3ccccc3C(=O)O)c2)nc1. The zero-order chi connectivity index (χ0) is 18.8. The zero-order valence-corrected chi connectivity index (χ0v) is 15.2. The van der Waals surface area contributed by atoms with Crippen molar-refractivity contribution in [3.8, 4) is 5.69 Å². The maximum Gasteiger partial charge on any atom is 0.337 e. The molecule has 0 spiro atoms. The number of carbonyl (C=O) groups is 1. The van der Waals surface area contributed by atoms with Crippen LogP contribution >= 0.6 is 0 Å². The van der Waals surface area contributed by atoms with Crippen LogP contribution in [0.4, 0.5) is 0 Å². The molecule has 138 valence electrons. The second-order valence-corrected chi connectivity index (χ2v) is 7.00. The number of nitrogens with zero attached hydrogens (tertiary/aromatic N) is 4. The number of benzene rings is 1. The van der Waals surface area contributed by atoms with E-state index in [0.717, 1.165) is 37.2 Å². The molecule has 1 aliphatic heterocycles. The highest BCUT2D eigenvalue weighted by Gasteiger charge is 2.27. The smallest absolute Gasteiger partial charge is 0.337 e. The van der Waals surface area contributed by atoms with Crippen LogP contribution in [0, 0.1) is 6.92 Å². The van der Waals surface area contributed by atoms with Crippen LogP contribution in [0.25, 0.3) is 5.69 Å². The number of carboxylic acids is 1. The minimum absolute atomic E-state index is 0.245. The number of rotatable bonds is 5. The summed E-state index contributed by atoms with van der Waals surface area (Å²) in [4.78, 5) is 18.5. The quantitative estimate of drug-likeness (QED) is 0.751. The molecule has 0 aliphatic carbocycles. The maximum absolute atomic E-state index is 11.4. The van der Waals surface area contributed by atoms with Crippen molar-refractivity contribution in [3.63, 3.8) is 0 Å². The number of aromatic nitrogens is 3. The molecule has 1 saturated heterocycles. The van der Waals surface area contributed by atoms with E-state index in [1.807, 2.05) is 31.6 Å². The second kappa shape index (κ2) is 7.32. The summed E-state index contributed by atoms with van der Waals surface area (Å²) in [7, 11) is 0. The number of likely N-dealkylation sites (tertiary alicyclic amines) is 1. The highest BCUT2D eigenvalue weighted by atomic mass is 16.4. The number of hydrogen-bond acceptors (Lipinski definition) is 4. The molecule has 0 unspecified atom stereocenters. The first-order valence-electron chi connectivity index (χ1n) is 9.14. The topological polar surface area (TPSA) is 71.2 Å². The van der Waals surface area contributed by atoms with Crippen molar-refractivity contribution in [2.24, 2.45) is 0 Å². The first-order chi connectivity index (χ1) is 13.1. The van der Waals surface area contributed by atoms with Crippen molar-refractivity contribution >= 4 is 5.97 Å². The Hall–Kier alpha value is -2.99. The van der Waals surface area contributed by atoms with E-state index in [1.165, 1.54) is 5.56 Å². The van der Waals surface area contributed by atoms with Gasteiger partial charge in [0.2, 0.25) is 0 Å². The van der Waals surface area contributed by atoms with E-state index in [-0.39, 0.29) is 5.56 Å². The van der Waals surface area contributed by atoms with Crippen LogP contribution in [-0.4, -0.2) is 37.3 Å². The van der Waals surface area contributed by atoms with Crippen molar-refractivity contribution in [3.05, 3.63) is 77.4 Å². The Morgan fingerprint density at radius 2 is 2.07 bits per heavy atom. The van der Waals surface area contributed by atoms with Crippen molar-refractivity contribution in [2.45, 2.75) is 32.4 Å². The molecule has 1 atom stereocenters. The standard InChI is InChI=1S/C21H22N4O2/c1-15-8-9-18(22-11-15)20-7-4-10-24(20)13-16-12-23-25(14-16)19-6-3-2-5-17(19)21(26)27/h2-3,5-6,8-9,11-12,14,20H,4,7,10,13H2,1H3,(H,26,27)/t20-/m0/s1. The number of aromatic carboxylic acids is 1. The van der Waals surface area contributed by atoms with Crippen LogP contribution in [0.1, 0.15) is 46.1 Å². The van der Waals surface area contributed by atoms with Gasteiger partial charge >= 0.3 is 5.97 Å². The first kappa shape index (κ1) is 17.4. The number of hydrogen-bond donors (Lipinski definition) is 1. The normalized spacial score (nSPS) is 17.3. The van der Waals surface area contributed by atoms with E-state index < -0.39 is 5.97 Å². The van der Waals surface area contributed by atoms with Gasteiger partial charge in [-0.3, -0.25) is 9.88 Å². The number of aryl methyl sites for hydroxylation is 1. The Morgan fingerprint density at radius 1 is 1.22 bits per heavy atom. The summed E-state index contributed by atoms with van der Waals surface area (Å²) < 4.78 is 1.65. The third-order valence-corrected chi connectivity index (χ3v) is 5.04. The molecular weight excluding hydrogens is 340 g/mol. The van der Waals surface area contributed by atoms with Gasteiger partial charge in [-0.15, -0.1) is 0 Å². The molecule has 3 aromatic rings. The molecule has 6 nitrogen and oxygen atoms in total. The predicted octanol–water partition coefficient (Wildman–Crippen LogP) is 3.61. The molecule has 1 aliphatic rings. The Morgan fingerprint density at radius 3 is 2.85 bits per heavy atom. The third-order valence-electron chi connectivity index (χ3n) is 5.04. The summed E-state index contributed by atoms with van der Waals surface area (Å²) >= 11 is 0. The summed E-state index contributed by atoms with van der Waals surface area (Å²) in [5.41, 5.74) is 4.17. The Balaban J connectivity index is 1.54. The number of para-hydroxylation sites is 1. The molecular formula is C21H22N4O2. The van der Waals surface area contributed by atoms with Gasteiger partial charge in [0.25, 0.3) is 0 Å². The van der Waals surface area contributed by atoms with Gasteiger partial charge in [-0.25, -0.2) is 9.48 Å². The van der Waals surface area contributed by atoms with Gasteiger partial charge in [0, 0.05) is 24.5 Å². The average molecular weight is 362 g/mol. The summed E-state index contributed by atoms with van der Waals surface area (Å²) in [6, 6.07) is 11.5. The molecule has 1 fully saturated rings. The lowest BCUT2D eigenvalue weighted by Gasteiger charge is -2.23. The molecule has 6 heteroatoms. The van der Waals surface area contributed by atoms with Gasteiger partial charge in [0.1, 0.15) is 0 Å². The Kier molecular flexibility index (Phi) is 4.73. The van der Waals surface area contributed by atoms with Crippen LogP contribution in [0.2, 0.25) is 0 Å². The predicted molar refractivity (Wildman–Crippen MR) is 102 cm³/mol. The van der Waals surface area contributed by atoms with E-state index in [1.54, 1.807) is 22.9 Å². The fraction of sp³-hybridized carbons (Fsp3) is 0.286. The lowest BCUT2D eigenvalue weighted by molar-refractivity contribution is 0.0696. The van der Waals surface area contributed by atoms with Crippen LogP contribution in [0.5, 0.6) is 0 Å². The second-order valence-electron chi connectivity index (χ2n) is 7.00. The minimum atomic E-state index is -0.951. The highest BCUT2D eigenvalue weighted by molar-refractivity contribution is 5.91. The molecule has 0 amide bonds. The van der Waals surface area contributed by atoms with Crippen molar-refractivity contribution in [1.82, 2.24) is 19.7 Å².